The van der Waals surface area contributed by atoms with Crippen LogP contribution in [0.1, 0.15) is 0 Å². The monoisotopic (exact) mass is 224 g/mol. The Balaban J connectivity index is 4.61. The van der Waals surface area contributed by atoms with Crippen molar-refractivity contribution in [1.82, 2.24) is 0 Å². The quantitative estimate of drug-likeness (QED) is 0.166. The van der Waals surface area contributed by atoms with E-state index in [-0.39, 0.29) is 0 Å². The van der Waals surface area contributed by atoms with Crippen molar-refractivity contribution in [1.29, 1.82) is 0 Å². The van der Waals surface area contributed by atoms with Crippen molar-refractivity contribution in [3.63, 3.8) is 0 Å². The summed E-state index contributed by atoms with van der Waals surface area (Å²) in [5.74, 6) is -1.43. The highest BCUT2D eigenvalue weighted by Gasteiger charge is 2.47. The van der Waals surface area contributed by atoms with Crippen LogP contribution in [0, 0.1) is 0 Å². The Hall–Kier alpha value is -1.48. The smallest absolute Gasteiger partial charge is 0.394 e. The average molecular weight is 224 g/mol. The number of halogens is 6. The summed E-state index contributed by atoms with van der Waals surface area (Å²) in [6.45, 7) is 0. The largest absolute Gasteiger partial charge is 0.491 e. The van der Waals surface area contributed by atoms with E-state index in [0.717, 1.165) is 0 Å². The summed E-state index contributed by atoms with van der Waals surface area (Å²) >= 11 is 0. The summed E-state index contributed by atoms with van der Waals surface area (Å²) in [7, 11) is 0. The number of hydrazone groups is 1. The van der Waals surface area contributed by atoms with Gasteiger partial charge in [0.1, 0.15) is 0 Å². The number of nitrogens with two attached hydrogens (primary N) is 1. The van der Waals surface area contributed by atoms with Gasteiger partial charge in [0, 0.05) is 0 Å². The second-order valence-electron chi connectivity index (χ2n) is 1.82. The lowest BCUT2D eigenvalue weighted by atomic mass is 10.6. The topological polar surface area (TPSA) is 64.7 Å². The molecule has 14 heavy (non-hydrogen) atoms. The molecule has 0 aliphatic carbocycles. The maximum absolute atomic E-state index is 11.6. The van der Waals surface area contributed by atoms with E-state index in [0.29, 0.717) is 0 Å². The summed E-state index contributed by atoms with van der Waals surface area (Å²) in [5.41, 5.74) is 0. The maximum Gasteiger partial charge on any atom is 0.491 e. The lowest BCUT2D eigenvalue weighted by Crippen LogP contribution is -2.35. The molecule has 0 atom stereocenters. The summed E-state index contributed by atoms with van der Waals surface area (Å²) < 4.78 is 71.9. The Kier molecular flexibility index (Phi) is 3.32. The molecule has 82 valence electrons. The van der Waals surface area contributed by atoms with Gasteiger partial charge in [0.15, 0.2) is 0 Å². The van der Waals surface area contributed by atoms with Crippen molar-refractivity contribution < 1.29 is 35.9 Å². The van der Waals surface area contributed by atoms with Crippen LogP contribution in [0.3, 0.4) is 0 Å². The number of carbonyl (C=O) groups is 1. The minimum Gasteiger partial charge on any atom is -0.394 e. The maximum atomic E-state index is 11.6. The summed E-state index contributed by atoms with van der Waals surface area (Å²) in [5, 5.41) is 1.86. The molecule has 0 saturated carbocycles. The lowest BCUT2D eigenvalue weighted by molar-refractivity contribution is -0.194. The molecule has 2 N–H and O–H groups in total. The highest BCUT2D eigenvalue weighted by atomic mass is 19.4. The van der Waals surface area contributed by atoms with E-state index in [9.17, 15) is 31.1 Å². The zero-order valence-corrected chi connectivity index (χ0v) is 6.11. The van der Waals surface area contributed by atoms with E-state index >= 15 is 0 Å². The fraction of sp³-hybridized carbons (Fsp3) is 0.500. The standard InChI is InChI=1S/C4H2F6N2O2/c5-3(6,7)1(12-11)14-2(13)4(8,9)10/h11H2/b12-1-. The SMILES string of the molecule is N/N=C(\OC(=O)C(F)(F)F)C(F)(F)F. The first-order valence-corrected chi connectivity index (χ1v) is 2.73. The Morgan fingerprint density at radius 3 is 1.71 bits per heavy atom. The summed E-state index contributed by atoms with van der Waals surface area (Å²) in [6, 6.07) is 0. The van der Waals surface area contributed by atoms with Gasteiger partial charge in [-0.3, -0.25) is 0 Å². The number of rotatable bonds is 0. The lowest BCUT2D eigenvalue weighted by Gasteiger charge is -2.10. The molecule has 0 amide bonds. The highest BCUT2D eigenvalue weighted by Crippen LogP contribution is 2.22. The van der Waals surface area contributed by atoms with Crippen molar-refractivity contribution >= 4 is 11.9 Å². The van der Waals surface area contributed by atoms with Crippen LogP contribution in [-0.4, -0.2) is 24.2 Å². The predicted octanol–water partition coefficient (Wildman–Crippen LogP) is 0.926. The summed E-state index contributed by atoms with van der Waals surface area (Å²) in [6.07, 6.45) is -10.9. The second-order valence-corrected chi connectivity index (χ2v) is 1.82. The van der Waals surface area contributed by atoms with Crippen molar-refractivity contribution in [3.05, 3.63) is 0 Å². The Labute approximate surface area is 72.3 Å². The van der Waals surface area contributed by atoms with Crippen molar-refractivity contribution in [2.45, 2.75) is 12.4 Å². The van der Waals surface area contributed by atoms with Gasteiger partial charge in [-0.15, -0.1) is 5.10 Å². The Morgan fingerprint density at radius 1 is 1.07 bits per heavy atom. The second kappa shape index (κ2) is 3.72. The van der Waals surface area contributed by atoms with Gasteiger partial charge in [-0.1, -0.05) is 0 Å². The molecular formula is C4H2F6N2O2. The molecule has 0 aromatic carbocycles. The van der Waals surface area contributed by atoms with Gasteiger partial charge >= 0.3 is 24.2 Å². The molecule has 0 radical (unpaired) electrons. The molecule has 0 saturated heterocycles. The number of ether oxygens (including phenoxy) is 1. The zero-order valence-electron chi connectivity index (χ0n) is 6.11. The van der Waals surface area contributed by atoms with E-state index in [1.165, 1.54) is 0 Å². The van der Waals surface area contributed by atoms with Crippen LogP contribution in [0.15, 0.2) is 5.10 Å². The van der Waals surface area contributed by atoms with Gasteiger partial charge in [-0.2, -0.15) is 26.3 Å². The van der Waals surface area contributed by atoms with Crippen molar-refractivity contribution in [2.75, 3.05) is 0 Å². The van der Waals surface area contributed by atoms with Gasteiger partial charge in [-0.05, 0) is 0 Å². The third kappa shape index (κ3) is 3.49. The molecule has 0 unspecified atom stereocenters. The predicted molar refractivity (Wildman–Crippen MR) is 29.8 cm³/mol. The summed E-state index contributed by atoms with van der Waals surface area (Å²) in [4.78, 5) is 9.90. The van der Waals surface area contributed by atoms with Crippen LogP contribution < -0.4 is 5.84 Å². The van der Waals surface area contributed by atoms with E-state index < -0.39 is 24.2 Å². The molecular weight excluding hydrogens is 222 g/mol. The number of esters is 1. The normalized spacial score (nSPS) is 14.0. The molecule has 0 rings (SSSR count). The molecule has 0 bridgehead atoms. The van der Waals surface area contributed by atoms with Crippen LogP contribution in [0.25, 0.3) is 0 Å². The fourth-order valence-corrected chi connectivity index (χ4v) is 0.303. The van der Waals surface area contributed by atoms with Gasteiger partial charge in [0.2, 0.25) is 0 Å². The number of carbonyl (C=O) groups excluding carboxylic acids is 1. The third-order valence-electron chi connectivity index (χ3n) is 0.781. The first-order chi connectivity index (χ1) is 6.09. The molecule has 0 spiro atoms. The van der Waals surface area contributed by atoms with E-state index in [1.807, 2.05) is 5.10 Å². The average Bonchev–Trinajstić information content (AvgIpc) is 1.95. The number of nitrogens with zero attached hydrogens (tertiary/aromatic N) is 1. The molecule has 0 fully saturated rings. The molecule has 0 aliphatic rings. The molecule has 0 aromatic heterocycles. The molecule has 0 heterocycles. The van der Waals surface area contributed by atoms with E-state index in [4.69, 9.17) is 0 Å². The van der Waals surface area contributed by atoms with Crippen LogP contribution >= 0.6 is 0 Å². The van der Waals surface area contributed by atoms with Crippen LogP contribution in [0.2, 0.25) is 0 Å². The van der Waals surface area contributed by atoms with E-state index in [1.54, 1.807) is 0 Å². The number of hydrogen-bond acceptors (Lipinski definition) is 4. The van der Waals surface area contributed by atoms with Crippen LogP contribution in [0.4, 0.5) is 26.3 Å². The Bertz CT molecular complexity index is 254. The van der Waals surface area contributed by atoms with Crippen LogP contribution in [0.5, 0.6) is 0 Å². The van der Waals surface area contributed by atoms with Gasteiger partial charge in [0.25, 0.3) is 0 Å². The molecule has 0 aromatic rings. The van der Waals surface area contributed by atoms with Crippen LogP contribution in [-0.2, 0) is 9.53 Å². The fourth-order valence-electron chi connectivity index (χ4n) is 0.303. The molecule has 0 aliphatic heterocycles. The van der Waals surface area contributed by atoms with Crippen molar-refractivity contribution in [3.8, 4) is 0 Å². The third-order valence-corrected chi connectivity index (χ3v) is 0.781. The number of hydrogen-bond donors (Lipinski definition) is 1. The van der Waals surface area contributed by atoms with Gasteiger partial charge in [-0.25, -0.2) is 4.79 Å². The first kappa shape index (κ1) is 12.5. The zero-order chi connectivity index (χ0) is 11.6. The van der Waals surface area contributed by atoms with Crippen molar-refractivity contribution in [2.24, 2.45) is 10.9 Å². The highest BCUT2D eigenvalue weighted by molar-refractivity contribution is 5.93. The Morgan fingerprint density at radius 2 is 1.50 bits per heavy atom. The van der Waals surface area contributed by atoms with Gasteiger partial charge in [0.05, 0.1) is 0 Å². The van der Waals surface area contributed by atoms with Gasteiger partial charge < -0.3 is 10.6 Å². The van der Waals surface area contributed by atoms with E-state index in [2.05, 4.69) is 10.6 Å². The number of alkyl halides is 6. The first-order valence-electron chi connectivity index (χ1n) is 2.73. The minimum atomic E-state index is -5.54. The molecule has 10 heteroatoms. The molecule has 4 nitrogen and oxygen atoms in total. The minimum absolute atomic E-state index is 1.86.